The van der Waals surface area contributed by atoms with Crippen molar-refractivity contribution in [3.8, 4) is 0 Å². The molecule has 0 aromatic heterocycles. The Morgan fingerprint density at radius 3 is 2.52 bits per heavy atom. The summed E-state index contributed by atoms with van der Waals surface area (Å²) in [5, 5.41) is 13.9. The number of anilines is 2. The van der Waals surface area contributed by atoms with Crippen LogP contribution in [0.15, 0.2) is 36.4 Å². The summed E-state index contributed by atoms with van der Waals surface area (Å²) in [6, 6.07) is 9.00. The van der Waals surface area contributed by atoms with Crippen LogP contribution in [0.4, 0.5) is 17.1 Å². The molecule has 10 heteroatoms. The average molecular weight is 412 g/mol. The largest absolute Gasteiger partial charge is 0.324 e. The van der Waals surface area contributed by atoms with Crippen LogP contribution in [0.1, 0.15) is 11.1 Å². The molecule has 1 amide bonds. The zero-order valence-corrected chi connectivity index (χ0v) is 16.5. The number of carbonyl (C=O) groups is 1. The van der Waals surface area contributed by atoms with E-state index in [-0.39, 0.29) is 22.6 Å². The number of nitrogens with one attached hydrogen (secondary N) is 1. The molecule has 27 heavy (non-hydrogen) atoms. The third kappa shape index (κ3) is 4.95. The van der Waals surface area contributed by atoms with Crippen molar-refractivity contribution in [1.29, 1.82) is 0 Å². The van der Waals surface area contributed by atoms with Gasteiger partial charge in [0.2, 0.25) is 15.9 Å². The van der Waals surface area contributed by atoms with Crippen LogP contribution in [0.5, 0.6) is 0 Å². The fraction of sp³-hybridized carbons (Fsp3) is 0.235. The Balaban J connectivity index is 2.32. The van der Waals surface area contributed by atoms with Gasteiger partial charge in [-0.05, 0) is 37.6 Å². The van der Waals surface area contributed by atoms with Crippen LogP contribution < -0.4 is 9.62 Å². The van der Waals surface area contributed by atoms with E-state index in [9.17, 15) is 23.3 Å². The minimum Gasteiger partial charge on any atom is -0.324 e. The van der Waals surface area contributed by atoms with Crippen LogP contribution in [-0.4, -0.2) is 32.0 Å². The molecule has 0 unspecified atom stereocenters. The molecule has 0 aliphatic rings. The lowest BCUT2D eigenvalue weighted by Crippen LogP contribution is -2.38. The second-order valence-corrected chi connectivity index (χ2v) is 8.30. The van der Waals surface area contributed by atoms with E-state index in [4.69, 9.17) is 11.6 Å². The second kappa shape index (κ2) is 7.93. The lowest BCUT2D eigenvalue weighted by atomic mass is 10.1. The van der Waals surface area contributed by atoms with Crippen molar-refractivity contribution in [1.82, 2.24) is 0 Å². The molecule has 144 valence electrons. The third-order valence-corrected chi connectivity index (χ3v) is 5.26. The number of carbonyl (C=O) groups excluding carboxylic acids is 1. The van der Waals surface area contributed by atoms with E-state index in [1.165, 1.54) is 31.2 Å². The van der Waals surface area contributed by atoms with Crippen molar-refractivity contribution in [2.45, 2.75) is 13.8 Å². The maximum Gasteiger partial charge on any atom is 0.274 e. The van der Waals surface area contributed by atoms with Crippen molar-refractivity contribution >= 4 is 44.6 Å². The molecule has 2 aromatic carbocycles. The number of nitro groups is 1. The lowest BCUT2D eigenvalue weighted by molar-refractivity contribution is -0.385. The molecule has 1 N–H and O–H groups in total. The molecule has 0 saturated heterocycles. The molecule has 0 saturated carbocycles. The number of nitro benzene ring substituents is 1. The highest BCUT2D eigenvalue weighted by atomic mass is 35.5. The highest BCUT2D eigenvalue weighted by Crippen LogP contribution is 2.27. The summed E-state index contributed by atoms with van der Waals surface area (Å²) in [7, 11) is -3.77. The van der Waals surface area contributed by atoms with Crippen molar-refractivity contribution in [3.05, 3.63) is 62.7 Å². The van der Waals surface area contributed by atoms with Crippen LogP contribution in [0.25, 0.3) is 0 Å². The van der Waals surface area contributed by atoms with Gasteiger partial charge in [-0.1, -0.05) is 23.7 Å². The zero-order chi connectivity index (χ0) is 20.4. The van der Waals surface area contributed by atoms with Crippen molar-refractivity contribution < 1.29 is 18.1 Å². The molecular weight excluding hydrogens is 394 g/mol. The number of aryl methyl sites for hydroxylation is 1. The second-order valence-electron chi connectivity index (χ2n) is 5.96. The summed E-state index contributed by atoms with van der Waals surface area (Å²) in [6.07, 6.45) is 0.985. The van der Waals surface area contributed by atoms with E-state index < -0.39 is 27.4 Å². The van der Waals surface area contributed by atoms with Gasteiger partial charge in [-0.25, -0.2) is 8.42 Å². The maximum atomic E-state index is 12.5. The Morgan fingerprint density at radius 1 is 1.26 bits per heavy atom. The standard InChI is InChI=1S/C17H18ClN3O5S/c1-11-7-8-13(18)9-16(11)20(27(3,25)26)10-17(22)19-14-5-4-6-15(12(14)2)21(23)24/h4-9H,10H2,1-3H3,(H,19,22). The van der Waals surface area contributed by atoms with Gasteiger partial charge in [0.1, 0.15) is 6.54 Å². The van der Waals surface area contributed by atoms with Gasteiger partial charge < -0.3 is 5.32 Å². The molecule has 0 spiro atoms. The zero-order valence-electron chi connectivity index (χ0n) is 14.9. The number of halogens is 1. The minimum atomic E-state index is -3.77. The molecule has 8 nitrogen and oxygen atoms in total. The van der Waals surface area contributed by atoms with Gasteiger partial charge in [0, 0.05) is 11.1 Å². The number of sulfonamides is 1. The summed E-state index contributed by atoms with van der Waals surface area (Å²) in [4.78, 5) is 22.9. The third-order valence-electron chi connectivity index (χ3n) is 3.90. The van der Waals surface area contributed by atoms with E-state index in [0.717, 1.165) is 10.6 Å². The predicted octanol–water partition coefficient (Wildman–Crippen LogP) is 3.27. The molecule has 0 heterocycles. The minimum absolute atomic E-state index is 0.140. The van der Waals surface area contributed by atoms with Gasteiger partial charge in [0.25, 0.3) is 5.69 Å². The van der Waals surface area contributed by atoms with E-state index in [1.54, 1.807) is 19.1 Å². The number of hydrogen-bond acceptors (Lipinski definition) is 5. The van der Waals surface area contributed by atoms with Gasteiger partial charge in [0.05, 0.1) is 28.1 Å². The first-order valence-corrected chi connectivity index (χ1v) is 10.0. The maximum absolute atomic E-state index is 12.5. The fourth-order valence-corrected chi connectivity index (χ4v) is 3.58. The van der Waals surface area contributed by atoms with Gasteiger partial charge in [-0.2, -0.15) is 0 Å². The average Bonchev–Trinajstić information content (AvgIpc) is 2.55. The van der Waals surface area contributed by atoms with Crippen molar-refractivity contribution in [3.63, 3.8) is 0 Å². The van der Waals surface area contributed by atoms with E-state index in [0.29, 0.717) is 10.6 Å². The Bertz CT molecular complexity index is 1010. The molecule has 2 aromatic rings. The topological polar surface area (TPSA) is 110 Å². The summed E-state index contributed by atoms with van der Waals surface area (Å²) in [5.74, 6) is -0.636. The Kier molecular flexibility index (Phi) is 6.07. The molecule has 0 bridgehead atoms. The lowest BCUT2D eigenvalue weighted by Gasteiger charge is -2.24. The van der Waals surface area contributed by atoms with Crippen LogP contribution >= 0.6 is 11.6 Å². The number of benzene rings is 2. The predicted molar refractivity (Wildman–Crippen MR) is 105 cm³/mol. The first-order valence-electron chi connectivity index (χ1n) is 7.78. The highest BCUT2D eigenvalue weighted by Gasteiger charge is 2.23. The molecule has 0 atom stereocenters. The highest BCUT2D eigenvalue weighted by molar-refractivity contribution is 7.92. The molecule has 0 radical (unpaired) electrons. The Morgan fingerprint density at radius 2 is 1.93 bits per heavy atom. The first-order chi connectivity index (χ1) is 12.5. The quantitative estimate of drug-likeness (QED) is 0.579. The van der Waals surface area contributed by atoms with E-state index >= 15 is 0 Å². The first kappa shape index (κ1) is 20.7. The summed E-state index contributed by atoms with van der Waals surface area (Å²) >= 11 is 5.96. The monoisotopic (exact) mass is 411 g/mol. The van der Waals surface area contributed by atoms with E-state index in [1.807, 2.05) is 0 Å². The normalized spacial score (nSPS) is 11.1. The van der Waals surface area contributed by atoms with Gasteiger partial charge >= 0.3 is 0 Å². The molecule has 0 fully saturated rings. The smallest absolute Gasteiger partial charge is 0.274 e. The summed E-state index contributed by atoms with van der Waals surface area (Å²) < 4.78 is 25.4. The van der Waals surface area contributed by atoms with E-state index in [2.05, 4.69) is 5.32 Å². The Labute approximate surface area is 162 Å². The van der Waals surface area contributed by atoms with Crippen LogP contribution in [-0.2, 0) is 14.8 Å². The van der Waals surface area contributed by atoms with Gasteiger partial charge in [0.15, 0.2) is 0 Å². The number of hydrogen-bond donors (Lipinski definition) is 1. The van der Waals surface area contributed by atoms with Gasteiger partial charge in [-0.15, -0.1) is 0 Å². The molecule has 0 aliphatic carbocycles. The number of rotatable bonds is 6. The summed E-state index contributed by atoms with van der Waals surface area (Å²) in [5.41, 5.74) is 1.30. The van der Waals surface area contributed by atoms with Crippen molar-refractivity contribution in [2.24, 2.45) is 0 Å². The fourth-order valence-electron chi connectivity index (χ4n) is 2.51. The number of nitrogens with zero attached hydrogens (tertiary/aromatic N) is 2. The Hall–Kier alpha value is -2.65. The van der Waals surface area contributed by atoms with Gasteiger partial charge in [-0.3, -0.25) is 19.2 Å². The SMILES string of the molecule is Cc1ccc(Cl)cc1N(CC(=O)Nc1cccc([N+](=O)[O-])c1C)S(C)(=O)=O. The number of amides is 1. The van der Waals surface area contributed by atoms with Crippen LogP contribution in [0, 0.1) is 24.0 Å². The van der Waals surface area contributed by atoms with Crippen LogP contribution in [0.3, 0.4) is 0 Å². The molecule has 0 aliphatic heterocycles. The molecular formula is C17H18ClN3O5S. The molecule has 2 rings (SSSR count). The van der Waals surface area contributed by atoms with Crippen LogP contribution in [0.2, 0.25) is 5.02 Å². The summed E-state index contributed by atoms with van der Waals surface area (Å²) in [6.45, 7) is 2.71. The van der Waals surface area contributed by atoms with Crippen molar-refractivity contribution in [2.75, 3.05) is 22.4 Å².